The quantitative estimate of drug-likeness (QED) is 0.399. The van der Waals surface area contributed by atoms with Crippen molar-refractivity contribution in [2.75, 3.05) is 53.0 Å². The van der Waals surface area contributed by atoms with Crippen LogP contribution in [-0.4, -0.2) is 85.4 Å². The molecule has 39 heavy (non-hydrogen) atoms. The van der Waals surface area contributed by atoms with Crippen LogP contribution in [0, 0.1) is 0 Å². The number of hydrazone groups is 1. The van der Waals surface area contributed by atoms with Crippen molar-refractivity contribution in [3.05, 3.63) is 88.8 Å². The highest BCUT2D eigenvalue weighted by Gasteiger charge is 2.35. The van der Waals surface area contributed by atoms with Crippen LogP contribution in [-0.2, 0) is 9.53 Å². The van der Waals surface area contributed by atoms with Gasteiger partial charge in [0.1, 0.15) is 12.3 Å². The molecular formula is C29H31ClN4O5. The number of ether oxygens (including phenoxy) is 2. The van der Waals surface area contributed by atoms with Crippen LogP contribution in [0.3, 0.4) is 0 Å². The molecule has 2 aliphatic heterocycles. The monoisotopic (exact) mass is 550 g/mol. The zero-order valence-electron chi connectivity index (χ0n) is 21.8. The maximum Gasteiger partial charge on any atom is 0.290 e. The van der Waals surface area contributed by atoms with Crippen molar-refractivity contribution in [1.82, 2.24) is 14.8 Å². The zero-order valence-corrected chi connectivity index (χ0v) is 22.5. The van der Waals surface area contributed by atoms with E-state index >= 15 is 0 Å². The third-order valence-electron chi connectivity index (χ3n) is 6.98. The van der Waals surface area contributed by atoms with Gasteiger partial charge in [0.15, 0.2) is 5.76 Å². The average molecular weight is 551 g/mol. The summed E-state index contributed by atoms with van der Waals surface area (Å²) in [6.45, 7) is 3.76. The Balaban J connectivity index is 1.39. The molecule has 0 N–H and O–H groups in total. The molecule has 204 valence electrons. The van der Waals surface area contributed by atoms with Crippen molar-refractivity contribution >= 4 is 29.1 Å². The molecular weight excluding hydrogens is 520 g/mol. The summed E-state index contributed by atoms with van der Waals surface area (Å²) < 4.78 is 16.1. The molecule has 2 aromatic carbocycles. The van der Waals surface area contributed by atoms with Crippen molar-refractivity contribution in [2.24, 2.45) is 5.10 Å². The minimum atomic E-state index is -0.330. The number of methoxy groups -OCH3 is 1. The van der Waals surface area contributed by atoms with Gasteiger partial charge in [-0.3, -0.25) is 14.5 Å². The van der Waals surface area contributed by atoms with Crippen LogP contribution in [0.5, 0.6) is 5.75 Å². The first-order valence-corrected chi connectivity index (χ1v) is 13.3. The number of carbonyl (C=O) groups excluding carboxylic acids is 2. The molecule has 5 rings (SSSR count). The van der Waals surface area contributed by atoms with Gasteiger partial charge in [-0.2, -0.15) is 5.10 Å². The fraction of sp³-hybridized carbons (Fsp3) is 0.345. The van der Waals surface area contributed by atoms with Gasteiger partial charge in [-0.15, -0.1) is 0 Å². The van der Waals surface area contributed by atoms with Gasteiger partial charge < -0.3 is 18.8 Å². The van der Waals surface area contributed by atoms with Crippen molar-refractivity contribution in [1.29, 1.82) is 0 Å². The van der Waals surface area contributed by atoms with Crippen LogP contribution in [0.1, 0.15) is 34.1 Å². The highest BCUT2D eigenvalue weighted by Crippen LogP contribution is 2.34. The van der Waals surface area contributed by atoms with Gasteiger partial charge in [0.05, 0.1) is 38.3 Å². The van der Waals surface area contributed by atoms with Crippen LogP contribution < -0.4 is 4.74 Å². The lowest BCUT2D eigenvalue weighted by molar-refractivity contribution is -0.133. The van der Waals surface area contributed by atoms with E-state index in [1.807, 2.05) is 36.4 Å². The second kappa shape index (κ2) is 12.5. The zero-order chi connectivity index (χ0) is 27.2. The molecule has 3 aromatic rings. The van der Waals surface area contributed by atoms with Crippen molar-refractivity contribution in [3.63, 3.8) is 0 Å². The lowest BCUT2D eigenvalue weighted by atomic mass is 9.98. The van der Waals surface area contributed by atoms with Gasteiger partial charge in [0.2, 0.25) is 0 Å². The van der Waals surface area contributed by atoms with Gasteiger partial charge >= 0.3 is 0 Å². The smallest absolute Gasteiger partial charge is 0.290 e. The molecule has 1 fully saturated rings. The molecule has 0 bridgehead atoms. The van der Waals surface area contributed by atoms with Gasteiger partial charge in [-0.1, -0.05) is 23.7 Å². The molecule has 3 heterocycles. The Morgan fingerprint density at radius 2 is 1.82 bits per heavy atom. The number of benzene rings is 2. The number of furan rings is 1. The fourth-order valence-electron chi connectivity index (χ4n) is 4.77. The fourth-order valence-corrected chi connectivity index (χ4v) is 4.90. The lowest BCUT2D eigenvalue weighted by Gasteiger charge is -2.30. The third kappa shape index (κ3) is 6.50. The molecule has 1 atom stereocenters. The number of hydrogen-bond donors (Lipinski definition) is 0. The molecule has 0 radical (unpaired) electrons. The molecule has 1 saturated heterocycles. The normalized spacial score (nSPS) is 17.6. The first kappa shape index (κ1) is 26.9. The number of amides is 2. The Morgan fingerprint density at radius 1 is 1.08 bits per heavy atom. The summed E-state index contributed by atoms with van der Waals surface area (Å²) in [6.07, 6.45) is 1.98. The Bertz CT molecular complexity index is 1290. The van der Waals surface area contributed by atoms with Gasteiger partial charge in [0, 0.05) is 37.6 Å². The predicted molar refractivity (Wildman–Crippen MR) is 147 cm³/mol. The summed E-state index contributed by atoms with van der Waals surface area (Å²) in [5.41, 5.74) is 2.60. The molecule has 9 nitrogen and oxygen atoms in total. The Labute approximate surface area is 232 Å². The SMILES string of the molecule is COc1ccc(C2=NN(C(=O)CN(CCN3CCOCC3)C(=O)c3ccco3)[C@H](c3ccc(Cl)cc3)C2)cc1. The first-order chi connectivity index (χ1) is 19.0. The largest absolute Gasteiger partial charge is 0.497 e. The maximum absolute atomic E-state index is 13.8. The van der Waals surface area contributed by atoms with E-state index < -0.39 is 0 Å². The molecule has 0 spiro atoms. The van der Waals surface area contributed by atoms with E-state index in [1.165, 1.54) is 16.2 Å². The van der Waals surface area contributed by atoms with Crippen LogP contribution in [0.2, 0.25) is 5.02 Å². The summed E-state index contributed by atoms with van der Waals surface area (Å²) in [5.74, 6) is 0.332. The number of nitrogens with zero attached hydrogens (tertiary/aromatic N) is 4. The Kier molecular flexibility index (Phi) is 8.61. The van der Waals surface area contributed by atoms with E-state index in [-0.39, 0.29) is 30.2 Å². The number of halogens is 1. The van der Waals surface area contributed by atoms with Crippen LogP contribution in [0.15, 0.2) is 76.4 Å². The summed E-state index contributed by atoms with van der Waals surface area (Å²) in [7, 11) is 1.62. The minimum Gasteiger partial charge on any atom is -0.497 e. The van der Waals surface area contributed by atoms with E-state index in [0.717, 1.165) is 35.7 Å². The standard InChI is InChI=1S/C29H31ClN4O5/c1-37-24-10-6-21(7-11-24)25-19-26(22-4-8-23(30)9-5-22)34(31-25)28(35)20-33(29(36)27-3-2-16-39-27)13-12-32-14-17-38-18-15-32/h2-11,16,26H,12-15,17-20H2,1H3/t26-/m0/s1. The van der Waals surface area contributed by atoms with Gasteiger partial charge in [-0.05, 0) is 59.7 Å². The maximum atomic E-state index is 13.8. The molecule has 1 aromatic heterocycles. The number of carbonyl (C=O) groups is 2. The van der Waals surface area contributed by atoms with E-state index in [2.05, 4.69) is 4.90 Å². The van der Waals surface area contributed by atoms with E-state index in [0.29, 0.717) is 37.7 Å². The summed E-state index contributed by atoms with van der Waals surface area (Å²) in [6, 6.07) is 18.0. The molecule has 0 saturated carbocycles. The number of morpholine rings is 1. The second-order valence-electron chi connectivity index (χ2n) is 9.44. The van der Waals surface area contributed by atoms with Crippen LogP contribution in [0.4, 0.5) is 0 Å². The van der Waals surface area contributed by atoms with E-state index in [4.69, 9.17) is 30.6 Å². The van der Waals surface area contributed by atoms with Crippen LogP contribution >= 0.6 is 11.6 Å². The summed E-state index contributed by atoms with van der Waals surface area (Å²) in [4.78, 5) is 30.9. The van der Waals surface area contributed by atoms with Gasteiger partial charge in [-0.25, -0.2) is 5.01 Å². The molecule has 0 aliphatic carbocycles. The van der Waals surface area contributed by atoms with Crippen molar-refractivity contribution in [3.8, 4) is 5.75 Å². The Hall–Kier alpha value is -3.66. The predicted octanol–water partition coefficient (Wildman–Crippen LogP) is 4.09. The summed E-state index contributed by atoms with van der Waals surface area (Å²) >= 11 is 6.14. The summed E-state index contributed by atoms with van der Waals surface area (Å²) in [5, 5.41) is 6.87. The van der Waals surface area contributed by atoms with E-state index in [1.54, 1.807) is 31.4 Å². The lowest BCUT2D eigenvalue weighted by Crippen LogP contribution is -2.46. The molecule has 2 aliphatic rings. The van der Waals surface area contributed by atoms with Crippen molar-refractivity contribution in [2.45, 2.75) is 12.5 Å². The highest BCUT2D eigenvalue weighted by atomic mass is 35.5. The molecule has 0 unspecified atom stereocenters. The first-order valence-electron chi connectivity index (χ1n) is 12.9. The second-order valence-corrected chi connectivity index (χ2v) is 9.88. The minimum absolute atomic E-state index is 0.132. The molecule has 2 amide bonds. The molecule has 10 heteroatoms. The number of hydrogen-bond acceptors (Lipinski definition) is 7. The van der Waals surface area contributed by atoms with Gasteiger partial charge in [0.25, 0.3) is 11.8 Å². The number of rotatable bonds is 9. The van der Waals surface area contributed by atoms with Crippen molar-refractivity contribution < 1.29 is 23.5 Å². The van der Waals surface area contributed by atoms with E-state index in [9.17, 15) is 9.59 Å². The van der Waals surface area contributed by atoms with Crippen LogP contribution in [0.25, 0.3) is 0 Å². The average Bonchev–Trinajstić information content (AvgIpc) is 3.67. The third-order valence-corrected chi connectivity index (χ3v) is 7.23. The topological polar surface area (TPSA) is 87.8 Å². The highest BCUT2D eigenvalue weighted by molar-refractivity contribution is 6.30. The Morgan fingerprint density at radius 3 is 2.49 bits per heavy atom.